The Labute approximate surface area is 141 Å². The van der Waals surface area contributed by atoms with Crippen LogP contribution in [0.2, 0.25) is 0 Å². The molecule has 1 aliphatic rings. The van der Waals surface area contributed by atoms with E-state index >= 15 is 0 Å². The fourth-order valence-electron chi connectivity index (χ4n) is 2.33. The Kier molecular flexibility index (Phi) is 7.12. The van der Waals surface area contributed by atoms with E-state index in [0.29, 0.717) is 13.0 Å². The lowest BCUT2D eigenvalue weighted by molar-refractivity contribution is -0.159. The highest BCUT2D eigenvalue weighted by Crippen LogP contribution is 2.48. The standard InChI is InChI=1S/C16H22NO6P/c1-2-21-24(20,22-11-13-7-4-3-5-8-13)12-15(18)23-16(19)14-9-6-10-17-14/h3-5,7-8,14,17H,2,6,9-12H2,1H3/t14-,24?/m0/s1. The molecule has 1 N–H and O–H groups in total. The third-order valence-corrected chi connectivity index (χ3v) is 5.30. The first-order valence-electron chi connectivity index (χ1n) is 7.92. The van der Waals surface area contributed by atoms with Gasteiger partial charge in [-0.2, -0.15) is 0 Å². The summed E-state index contributed by atoms with van der Waals surface area (Å²) >= 11 is 0. The predicted molar refractivity (Wildman–Crippen MR) is 87.5 cm³/mol. The number of benzene rings is 1. The number of nitrogens with one attached hydrogen (secondary N) is 1. The van der Waals surface area contributed by atoms with Gasteiger partial charge in [-0.15, -0.1) is 0 Å². The van der Waals surface area contributed by atoms with Gasteiger partial charge in [0.05, 0.1) is 13.2 Å². The Morgan fingerprint density at radius 2 is 2.00 bits per heavy atom. The highest BCUT2D eigenvalue weighted by molar-refractivity contribution is 7.54. The van der Waals surface area contributed by atoms with Crippen LogP contribution in [0, 0.1) is 0 Å². The number of carbonyl (C=O) groups is 2. The van der Waals surface area contributed by atoms with Crippen molar-refractivity contribution in [1.82, 2.24) is 5.32 Å². The molecule has 0 aromatic heterocycles. The van der Waals surface area contributed by atoms with Crippen LogP contribution >= 0.6 is 7.60 Å². The Morgan fingerprint density at radius 1 is 1.25 bits per heavy atom. The average molecular weight is 355 g/mol. The molecule has 0 radical (unpaired) electrons. The van der Waals surface area contributed by atoms with Gasteiger partial charge in [-0.25, -0.2) is 4.79 Å². The molecule has 1 saturated heterocycles. The Bertz CT molecular complexity index is 600. The van der Waals surface area contributed by atoms with Crippen molar-refractivity contribution >= 4 is 19.5 Å². The summed E-state index contributed by atoms with van der Waals surface area (Å²) in [5.74, 6) is -1.55. The molecule has 0 aliphatic carbocycles. The van der Waals surface area contributed by atoms with Crippen LogP contribution < -0.4 is 5.32 Å². The van der Waals surface area contributed by atoms with Crippen molar-refractivity contribution in [2.24, 2.45) is 0 Å². The zero-order valence-corrected chi connectivity index (χ0v) is 14.5. The second-order valence-corrected chi connectivity index (χ2v) is 7.44. The van der Waals surface area contributed by atoms with E-state index in [0.717, 1.165) is 12.0 Å². The summed E-state index contributed by atoms with van der Waals surface area (Å²) in [7, 11) is -3.68. The first-order valence-corrected chi connectivity index (χ1v) is 9.65. The van der Waals surface area contributed by atoms with Crippen molar-refractivity contribution in [2.45, 2.75) is 32.4 Å². The first-order chi connectivity index (χ1) is 11.5. The SMILES string of the molecule is CCOP(=O)(CC(=O)OC(=O)[C@@H]1CCCN1)OCc1ccccc1. The van der Waals surface area contributed by atoms with Crippen molar-refractivity contribution in [3.63, 3.8) is 0 Å². The van der Waals surface area contributed by atoms with Crippen molar-refractivity contribution < 1.29 is 27.9 Å². The molecule has 1 unspecified atom stereocenters. The van der Waals surface area contributed by atoms with E-state index in [-0.39, 0.29) is 13.2 Å². The number of rotatable bonds is 8. The Balaban J connectivity index is 1.89. The van der Waals surface area contributed by atoms with Gasteiger partial charge < -0.3 is 19.1 Å². The molecule has 7 nitrogen and oxygen atoms in total. The van der Waals surface area contributed by atoms with Gasteiger partial charge in [0.15, 0.2) is 0 Å². The molecule has 2 rings (SSSR count). The monoisotopic (exact) mass is 355 g/mol. The first kappa shape index (κ1) is 18.8. The van der Waals surface area contributed by atoms with E-state index in [1.165, 1.54) is 0 Å². The zero-order valence-electron chi connectivity index (χ0n) is 13.6. The van der Waals surface area contributed by atoms with Crippen LogP contribution in [0.3, 0.4) is 0 Å². The molecule has 0 spiro atoms. The molecule has 2 atom stereocenters. The lowest BCUT2D eigenvalue weighted by atomic mass is 10.2. The van der Waals surface area contributed by atoms with Crippen molar-refractivity contribution in [3.05, 3.63) is 35.9 Å². The van der Waals surface area contributed by atoms with Gasteiger partial charge in [-0.3, -0.25) is 9.36 Å². The van der Waals surface area contributed by atoms with E-state index in [9.17, 15) is 14.2 Å². The molecule has 0 bridgehead atoms. The minimum Gasteiger partial charge on any atom is -0.391 e. The summed E-state index contributed by atoms with van der Waals surface area (Å²) in [4.78, 5) is 23.7. The predicted octanol–water partition coefficient (Wildman–Crippen LogP) is 2.25. The van der Waals surface area contributed by atoms with Crippen molar-refractivity contribution in [2.75, 3.05) is 19.3 Å². The highest BCUT2D eigenvalue weighted by Gasteiger charge is 2.32. The summed E-state index contributed by atoms with van der Waals surface area (Å²) in [6, 6.07) is 8.64. The molecule has 132 valence electrons. The van der Waals surface area contributed by atoms with E-state index in [4.69, 9.17) is 13.8 Å². The highest BCUT2D eigenvalue weighted by atomic mass is 31.2. The molecule has 1 aromatic rings. The molecular formula is C16H22NO6P. The maximum atomic E-state index is 12.6. The molecule has 8 heteroatoms. The van der Waals surface area contributed by atoms with Gasteiger partial charge in [0.1, 0.15) is 12.2 Å². The van der Waals surface area contributed by atoms with E-state index in [2.05, 4.69) is 5.32 Å². The third kappa shape index (κ3) is 5.83. The number of ether oxygens (including phenoxy) is 1. The number of hydrogen-bond acceptors (Lipinski definition) is 7. The molecule has 0 amide bonds. The largest absolute Gasteiger partial charge is 0.391 e. The van der Waals surface area contributed by atoms with Gasteiger partial charge in [-0.1, -0.05) is 30.3 Å². The Morgan fingerprint density at radius 3 is 2.62 bits per heavy atom. The second kappa shape index (κ2) is 9.08. The van der Waals surface area contributed by atoms with E-state index in [1.807, 2.05) is 30.3 Å². The topological polar surface area (TPSA) is 90.9 Å². The summed E-state index contributed by atoms with van der Waals surface area (Å²) < 4.78 is 27.9. The molecule has 24 heavy (non-hydrogen) atoms. The number of carbonyl (C=O) groups excluding carboxylic acids is 2. The fourth-order valence-corrected chi connectivity index (χ4v) is 3.71. The molecule has 0 saturated carbocycles. The van der Waals surface area contributed by atoms with Gasteiger partial charge in [0, 0.05) is 0 Å². The summed E-state index contributed by atoms with van der Waals surface area (Å²) in [5.41, 5.74) is 0.803. The van der Waals surface area contributed by atoms with Crippen molar-refractivity contribution in [1.29, 1.82) is 0 Å². The average Bonchev–Trinajstić information content (AvgIpc) is 3.09. The molecule has 1 heterocycles. The quantitative estimate of drug-likeness (QED) is 0.434. The van der Waals surface area contributed by atoms with Crippen LogP contribution in [-0.2, 0) is 34.5 Å². The lowest BCUT2D eigenvalue weighted by Crippen LogP contribution is -2.34. The normalized spacial score (nSPS) is 19.6. The summed E-state index contributed by atoms with van der Waals surface area (Å²) in [5, 5.41) is 2.94. The van der Waals surface area contributed by atoms with Gasteiger partial charge in [0.2, 0.25) is 0 Å². The van der Waals surface area contributed by atoms with E-state index in [1.54, 1.807) is 6.92 Å². The van der Waals surface area contributed by atoms with Crippen LogP contribution in [-0.4, -0.2) is 37.3 Å². The van der Waals surface area contributed by atoms with Gasteiger partial charge in [-0.05, 0) is 31.9 Å². The minimum atomic E-state index is -3.68. The third-order valence-electron chi connectivity index (χ3n) is 3.48. The van der Waals surface area contributed by atoms with E-state index < -0.39 is 31.7 Å². The molecule has 1 fully saturated rings. The minimum absolute atomic E-state index is 0.0452. The molecule has 1 aliphatic heterocycles. The Hall–Kier alpha value is -1.53. The lowest BCUT2D eigenvalue weighted by Gasteiger charge is -2.17. The van der Waals surface area contributed by atoms with Crippen LogP contribution in [0.25, 0.3) is 0 Å². The maximum Gasteiger partial charge on any atom is 0.342 e. The second-order valence-electron chi connectivity index (χ2n) is 5.39. The van der Waals surface area contributed by atoms with Crippen molar-refractivity contribution in [3.8, 4) is 0 Å². The van der Waals surface area contributed by atoms with Crippen LogP contribution in [0.5, 0.6) is 0 Å². The summed E-state index contributed by atoms with van der Waals surface area (Å²) in [6.45, 7) is 2.53. The number of esters is 2. The zero-order chi connectivity index (χ0) is 17.4. The van der Waals surface area contributed by atoms with Crippen LogP contribution in [0.15, 0.2) is 30.3 Å². The van der Waals surface area contributed by atoms with Crippen LogP contribution in [0.1, 0.15) is 25.3 Å². The van der Waals surface area contributed by atoms with Gasteiger partial charge >= 0.3 is 19.5 Å². The summed E-state index contributed by atoms with van der Waals surface area (Å²) in [6.07, 6.45) is 0.886. The maximum absolute atomic E-state index is 12.6. The molecule has 1 aromatic carbocycles. The molecular weight excluding hydrogens is 333 g/mol. The fraction of sp³-hybridized carbons (Fsp3) is 0.500. The van der Waals surface area contributed by atoms with Gasteiger partial charge in [0.25, 0.3) is 0 Å². The smallest absolute Gasteiger partial charge is 0.342 e. The number of hydrogen-bond donors (Lipinski definition) is 1. The van der Waals surface area contributed by atoms with Crippen LogP contribution in [0.4, 0.5) is 0 Å².